The fourth-order valence-electron chi connectivity index (χ4n) is 3.05. The molecule has 0 atom stereocenters. The van der Waals surface area contributed by atoms with E-state index >= 15 is 0 Å². The lowest BCUT2D eigenvalue weighted by Crippen LogP contribution is -2.30. The maximum absolute atomic E-state index is 12.4. The largest absolute Gasteiger partial charge is 0.481 e. The number of carbonyl (C=O) groups is 2. The predicted molar refractivity (Wildman–Crippen MR) is 101 cm³/mol. The number of rotatable bonds is 6. The molecule has 1 aromatic heterocycles. The van der Waals surface area contributed by atoms with Crippen LogP contribution in [-0.2, 0) is 4.79 Å². The third kappa shape index (κ3) is 5.16. The summed E-state index contributed by atoms with van der Waals surface area (Å²) in [5.41, 5.74) is 6.19. The molecule has 1 fully saturated rings. The van der Waals surface area contributed by atoms with Gasteiger partial charge in [-0.3, -0.25) is 20.4 Å². The van der Waals surface area contributed by atoms with Gasteiger partial charge in [-0.05, 0) is 31.0 Å². The molecule has 0 saturated heterocycles. The van der Waals surface area contributed by atoms with Crippen LogP contribution in [0, 0.1) is 5.92 Å². The van der Waals surface area contributed by atoms with Crippen LogP contribution in [0.2, 0.25) is 0 Å². The number of nitrogens with zero attached hydrogens (tertiary/aromatic N) is 2. The molecule has 0 radical (unpaired) electrons. The van der Waals surface area contributed by atoms with E-state index in [0.29, 0.717) is 17.1 Å². The van der Waals surface area contributed by atoms with Crippen molar-refractivity contribution in [3.63, 3.8) is 0 Å². The van der Waals surface area contributed by atoms with E-state index in [0.717, 1.165) is 25.7 Å². The average molecular weight is 369 g/mol. The maximum Gasteiger partial charge on any atom is 0.269 e. The molecule has 0 aliphatic heterocycles. The Balaban J connectivity index is 1.58. The van der Waals surface area contributed by atoms with Crippen molar-refractivity contribution >= 4 is 23.5 Å². The molecule has 8 heteroatoms. The number of nitrogens with one attached hydrogen (secondary N) is 3. The number of anilines is 2. The van der Waals surface area contributed by atoms with Gasteiger partial charge in [-0.1, -0.05) is 25.3 Å². The Morgan fingerprint density at radius 1 is 1.15 bits per heavy atom. The summed E-state index contributed by atoms with van der Waals surface area (Å²) < 4.78 is 5.00. The van der Waals surface area contributed by atoms with Crippen LogP contribution in [0.1, 0.15) is 42.5 Å². The monoisotopic (exact) mass is 369 g/mol. The first kappa shape index (κ1) is 18.6. The second-order valence-corrected chi connectivity index (χ2v) is 6.41. The van der Waals surface area contributed by atoms with Crippen molar-refractivity contribution in [1.29, 1.82) is 0 Å². The molecule has 0 bridgehead atoms. The highest BCUT2D eigenvalue weighted by atomic mass is 16.5. The molecule has 3 rings (SSSR count). The van der Waals surface area contributed by atoms with Crippen molar-refractivity contribution in [1.82, 2.24) is 15.4 Å². The van der Waals surface area contributed by atoms with Gasteiger partial charge in [-0.15, -0.1) is 0 Å². The summed E-state index contributed by atoms with van der Waals surface area (Å²) >= 11 is 0. The highest BCUT2D eigenvalue weighted by molar-refractivity contribution is 5.98. The zero-order valence-electron chi connectivity index (χ0n) is 15.2. The number of carbonyl (C=O) groups excluding carboxylic acids is 2. The lowest BCUT2D eigenvalue weighted by Gasteiger charge is -2.20. The minimum atomic E-state index is -0.366. The smallest absolute Gasteiger partial charge is 0.269 e. The molecule has 2 aromatic rings. The Morgan fingerprint density at radius 2 is 1.96 bits per heavy atom. The van der Waals surface area contributed by atoms with Crippen LogP contribution in [-0.4, -0.2) is 28.9 Å². The van der Waals surface area contributed by atoms with Gasteiger partial charge < -0.3 is 10.1 Å². The number of ether oxygens (including phenoxy) is 1. The van der Waals surface area contributed by atoms with E-state index in [1.165, 1.54) is 19.7 Å². The summed E-state index contributed by atoms with van der Waals surface area (Å²) in [4.78, 5) is 32.7. The Morgan fingerprint density at radius 3 is 2.74 bits per heavy atom. The summed E-state index contributed by atoms with van der Waals surface area (Å²) in [5.74, 6) is 0.312. The molecule has 27 heavy (non-hydrogen) atoms. The molecule has 8 nitrogen and oxygen atoms in total. The molecular formula is C19H23N5O3. The summed E-state index contributed by atoms with van der Waals surface area (Å²) in [6.45, 7) is 0. The highest BCUT2D eigenvalue weighted by Crippen LogP contribution is 2.25. The van der Waals surface area contributed by atoms with Crippen molar-refractivity contribution in [2.75, 3.05) is 17.9 Å². The summed E-state index contributed by atoms with van der Waals surface area (Å²) in [5, 5.41) is 2.92. The SMILES string of the molecule is COc1ccnc(NNC(=O)c2cccc(NC(=O)C3CCCCC3)c2)n1. The first-order chi connectivity index (χ1) is 13.2. The summed E-state index contributed by atoms with van der Waals surface area (Å²) in [7, 11) is 1.50. The quantitative estimate of drug-likeness (QED) is 0.676. The molecule has 0 unspecified atom stereocenters. The van der Waals surface area contributed by atoms with Crippen molar-refractivity contribution in [2.24, 2.45) is 5.92 Å². The second-order valence-electron chi connectivity index (χ2n) is 6.41. The molecule has 1 aliphatic rings. The fraction of sp³-hybridized carbons (Fsp3) is 0.368. The Bertz CT molecular complexity index is 805. The van der Waals surface area contributed by atoms with Crippen LogP contribution in [0.3, 0.4) is 0 Å². The van der Waals surface area contributed by atoms with Gasteiger partial charge in [0.1, 0.15) is 0 Å². The van der Waals surface area contributed by atoms with Crippen molar-refractivity contribution in [3.8, 4) is 5.88 Å². The van der Waals surface area contributed by atoms with Crippen molar-refractivity contribution < 1.29 is 14.3 Å². The minimum absolute atomic E-state index is 0.0233. The van der Waals surface area contributed by atoms with E-state index in [1.807, 2.05) is 0 Å². The Kier molecular flexibility index (Phi) is 6.19. The molecule has 1 aliphatic carbocycles. The van der Waals surface area contributed by atoms with Gasteiger partial charge >= 0.3 is 0 Å². The van der Waals surface area contributed by atoms with Gasteiger partial charge in [0.25, 0.3) is 5.91 Å². The molecular weight excluding hydrogens is 346 g/mol. The molecule has 142 valence electrons. The second kappa shape index (κ2) is 8.98. The van der Waals surface area contributed by atoms with Crippen molar-refractivity contribution in [2.45, 2.75) is 32.1 Å². The first-order valence-electron chi connectivity index (χ1n) is 9.00. The molecule has 1 saturated carbocycles. The van der Waals surface area contributed by atoms with Gasteiger partial charge in [0.05, 0.1) is 7.11 Å². The van der Waals surface area contributed by atoms with E-state index in [2.05, 4.69) is 26.1 Å². The van der Waals surface area contributed by atoms with Gasteiger partial charge in [0.2, 0.25) is 17.7 Å². The summed E-state index contributed by atoms with van der Waals surface area (Å²) in [6, 6.07) is 8.42. The van der Waals surface area contributed by atoms with Crippen LogP contribution in [0.5, 0.6) is 5.88 Å². The van der Waals surface area contributed by atoms with Gasteiger partial charge in [-0.25, -0.2) is 4.98 Å². The summed E-state index contributed by atoms with van der Waals surface area (Å²) in [6.07, 6.45) is 6.76. The number of amides is 2. The van der Waals surface area contributed by atoms with E-state index in [4.69, 9.17) is 4.74 Å². The van der Waals surface area contributed by atoms with Crippen LogP contribution in [0.25, 0.3) is 0 Å². The zero-order valence-corrected chi connectivity index (χ0v) is 15.2. The standard InChI is InChI=1S/C19H23N5O3/c1-27-16-10-11-20-19(22-16)24-23-18(26)14-8-5-9-15(12-14)21-17(25)13-6-3-2-4-7-13/h5,8-13H,2-4,6-7H2,1H3,(H,21,25)(H,23,26)(H,20,22,24). The third-order valence-electron chi connectivity index (χ3n) is 4.50. The van der Waals surface area contributed by atoms with Crippen LogP contribution in [0.15, 0.2) is 36.5 Å². The van der Waals surface area contributed by atoms with Gasteiger partial charge in [0, 0.05) is 29.4 Å². The molecule has 2 amide bonds. The molecule has 3 N–H and O–H groups in total. The normalized spacial score (nSPS) is 14.3. The number of benzene rings is 1. The van der Waals surface area contributed by atoms with E-state index < -0.39 is 0 Å². The third-order valence-corrected chi connectivity index (χ3v) is 4.50. The van der Waals surface area contributed by atoms with Gasteiger partial charge in [-0.2, -0.15) is 4.98 Å². The number of hydrogen-bond acceptors (Lipinski definition) is 6. The number of aromatic nitrogens is 2. The van der Waals surface area contributed by atoms with E-state index in [9.17, 15) is 9.59 Å². The van der Waals surface area contributed by atoms with E-state index in [1.54, 1.807) is 30.3 Å². The average Bonchev–Trinajstić information content (AvgIpc) is 2.73. The maximum atomic E-state index is 12.4. The van der Waals surface area contributed by atoms with Crippen LogP contribution in [0.4, 0.5) is 11.6 Å². The lowest BCUT2D eigenvalue weighted by molar-refractivity contribution is -0.120. The number of methoxy groups -OCH3 is 1. The molecule has 0 spiro atoms. The Hall–Kier alpha value is -3.16. The van der Waals surface area contributed by atoms with E-state index in [-0.39, 0.29) is 23.7 Å². The van der Waals surface area contributed by atoms with Crippen molar-refractivity contribution in [3.05, 3.63) is 42.1 Å². The first-order valence-corrected chi connectivity index (χ1v) is 9.00. The predicted octanol–water partition coefficient (Wildman–Crippen LogP) is 2.76. The van der Waals surface area contributed by atoms with Gasteiger partial charge in [0.15, 0.2) is 0 Å². The number of hydrogen-bond donors (Lipinski definition) is 3. The molecule has 1 heterocycles. The fourth-order valence-corrected chi connectivity index (χ4v) is 3.05. The number of hydrazine groups is 1. The lowest BCUT2D eigenvalue weighted by atomic mass is 9.88. The zero-order chi connectivity index (χ0) is 19.1. The molecule has 1 aromatic carbocycles. The minimum Gasteiger partial charge on any atom is -0.481 e. The highest BCUT2D eigenvalue weighted by Gasteiger charge is 2.21. The van der Waals surface area contributed by atoms with Crippen LogP contribution >= 0.6 is 0 Å². The topological polar surface area (TPSA) is 105 Å². The van der Waals surface area contributed by atoms with Crippen LogP contribution < -0.4 is 20.9 Å². The Labute approximate surface area is 157 Å².